The molecule has 2 N–H and O–H groups in total. The maximum Gasteiger partial charge on any atom is 0.325 e. The van der Waals surface area contributed by atoms with Crippen LogP contribution in [0.3, 0.4) is 0 Å². The minimum Gasteiger partial charge on any atom is -0.465 e. The van der Waals surface area contributed by atoms with Crippen molar-refractivity contribution in [1.29, 1.82) is 0 Å². The van der Waals surface area contributed by atoms with Gasteiger partial charge in [-0.3, -0.25) is 9.59 Å². The summed E-state index contributed by atoms with van der Waals surface area (Å²) in [6, 6.07) is -0.587. The van der Waals surface area contributed by atoms with Crippen LogP contribution in [-0.4, -0.2) is 42.0 Å². The Morgan fingerprint density at radius 2 is 1.89 bits per heavy atom. The van der Waals surface area contributed by atoms with Gasteiger partial charge in [-0.25, -0.2) is 0 Å². The molecule has 0 saturated heterocycles. The molecule has 0 radical (unpaired) electrons. The first-order valence-electron chi connectivity index (χ1n) is 6.65. The van der Waals surface area contributed by atoms with Gasteiger partial charge in [0, 0.05) is 6.04 Å². The van der Waals surface area contributed by atoms with E-state index in [1.807, 2.05) is 13.8 Å². The number of nitrogens with two attached hydrogens (primary N) is 1. The van der Waals surface area contributed by atoms with Crippen molar-refractivity contribution in [3.63, 3.8) is 0 Å². The summed E-state index contributed by atoms with van der Waals surface area (Å²) in [5.74, 6) is -0.561. The summed E-state index contributed by atoms with van der Waals surface area (Å²) in [5, 5.41) is 0. The lowest BCUT2D eigenvalue weighted by atomic mass is 10.1. The molecule has 0 aliphatic heterocycles. The predicted octanol–water partition coefficient (Wildman–Crippen LogP) is 1.30. The quantitative estimate of drug-likeness (QED) is 0.666. The Hall–Kier alpha value is -1.10. The lowest BCUT2D eigenvalue weighted by molar-refractivity contribution is -0.150. The Balaban J connectivity index is 4.48. The normalized spacial score (nSPS) is 12.3. The van der Waals surface area contributed by atoms with E-state index in [-0.39, 0.29) is 24.5 Å². The van der Waals surface area contributed by atoms with Gasteiger partial charge in [-0.15, -0.1) is 0 Å². The summed E-state index contributed by atoms with van der Waals surface area (Å²) in [7, 11) is 0. The highest BCUT2D eigenvalue weighted by Gasteiger charge is 2.25. The molecular formula is C13H26N2O3. The number of esters is 1. The molecule has 5 heteroatoms. The van der Waals surface area contributed by atoms with Gasteiger partial charge >= 0.3 is 5.97 Å². The van der Waals surface area contributed by atoms with Crippen LogP contribution in [0.25, 0.3) is 0 Å². The van der Waals surface area contributed by atoms with Crippen LogP contribution in [0, 0.1) is 0 Å². The van der Waals surface area contributed by atoms with Crippen LogP contribution >= 0.6 is 0 Å². The molecular weight excluding hydrogens is 232 g/mol. The summed E-state index contributed by atoms with van der Waals surface area (Å²) in [6.45, 7) is 7.82. The zero-order valence-corrected chi connectivity index (χ0v) is 11.9. The third kappa shape index (κ3) is 6.00. The van der Waals surface area contributed by atoms with Gasteiger partial charge in [0.25, 0.3) is 0 Å². The Labute approximate surface area is 110 Å². The lowest BCUT2D eigenvalue weighted by Gasteiger charge is -2.28. The van der Waals surface area contributed by atoms with Crippen molar-refractivity contribution in [2.75, 3.05) is 13.2 Å². The van der Waals surface area contributed by atoms with Crippen LogP contribution in [0.1, 0.15) is 47.0 Å². The molecule has 0 saturated carbocycles. The molecule has 0 aromatic carbocycles. The number of carbonyl (C=O) groups excluding carboxylic acids is 2. The van der Waals surface area contributed by atoms with Gasteiger partial charge in [-0.2, -0.15) is 0 Å². The lowest BCUT2D eigenvalue weighted by Crippen LogP contribution is -2.49. The van der Waals surface area contributed by atoms with Crippen LogP contribution < -0.4 is 5.73 Å². The molecule has 0 heterocycles. The molecule has 0 bridgehead atoms. The molecule has 5 nitrogen and oxygen atoms in total. The molecule has 0 aliphatic carbocycles. The molecule has 106 valence electrons. The summed E-state index contributed by atoms with van der Waals surface area (Å²) >= 11 is 0. The number of ether oxygens (including phenoxy) is 1. The minimum atomic E-state index is -0.526. The third-order valence-electron chi connectivity index (χ3n) is 2.70. The van der Waals surface area contributed by atoms with Crippen molar-refractivity contribution in [3.8, 4) is 0 Å². The van der Waals surface area contributed by atoms with E-state index in [4.69, 9.17) is 10.5 Å². The molecule has 0 unspecified atom stereocenters. The number of hydrogen-bond donors (Lipinski definition) is 1. The summed E-state index contributed by atoms with van der Waals surface area (Å²) in [5.41, 5.74) is 5.85. The van der Waals surface area contributed by atoms with Crippen molar-refractivity contribution in [2.24, 2.45) is 5.73 Å². The first-order chi connectivity index (χ1) is 8.43. The van der Waals surface area contributed by atoms with Crippen LogP contribution in [0.15, 0.2) is 0 Å². The van der Waals surface area contributed by atoms with Gasteiger partial charge in [-0.1, -0.05) is 19.8 Å². The van der Waals surface area contributed by atoms with Gasteiger partial charge in [0.15, 0.2) is 0 Å². The molecule has 1 atom stereocenters. The second-order valence-electron chi connectivity index (χ2n) is 4.61. The fourth-order valence-electron chi connectivity index (χ4n) is 1.62. The number of amides is 1. The van der Waals surface area contributed by atoms with E-state index in [0.29, 0.717) is 13.0 Å². The fraction of sp³-hybridized carbons (Fsp3) is 0.846. The van der Waals surface area contributed by atoms with E-state index in [0.717, 1.165) is 12.8 Å². The zero-order valence-electron chi connectivity index (χ0n) is 11.9. The molecule has 0 aromatic rings. The van der Waals surface area contributed by atoms with Crippen molar-refractivity contribution < 1.29 is 14.3 Å². The number of rotatable bonds is 8. The average Bonchev–Trinajstić information content (AvgIpc) is 2.32. The second kappa shape index (κ2) is 8.91. The van der Waals surface area contributed by atoms with E-state index in [2.05, 4.69) is 6.92 Å². The van der Waals surface area contributed by atoms with Crippen LogP contribution in [0.2, 0.25) is 0 Å². The summed E-state index contributed by atoms with van der Waals surface area (Å²) in [4.78, 5) is 25.0. The fourth-order valence-corrected chi connectivity index (χ4v) is 1.62. The Bertz CT molecular complexity index is 267. The largest absolute Gasteiger partial charge is 0.465 e. The molecule has 0 fully saturated rings. The van der Waals surface area contributed by atoms with Crippen molar-refractivity contribution in [3.05, 3.63) is 0 Å². The van der Waals surface area contributed by atoms with E-state index >= 15 is 0 Å². The summed E-state index contributed by atoms with van der Waals surface area (Å²) < 4.78 is 4.86. The first kappa shape index (κ1) is 16.9. The van der Waals surface area contributed by atoms with Crippen molar-refractivity contribution >= 4 is 11.9 Å². The van der Waals surface area contributed by atoms with Crippen molar-refractivity contribution in [2.45, 2.75) is 59.0 Å². The monoisotopic (exact) mass is 258 g/mol. The SMILES string of the molecule is CCCC[C@H](N)C(=O)N(CC(=O)OCC)C(C)C. The molecule has 18 heavy (non-hydrogen) atoms. The summed E-state index contributed by atoms with van der Waals surface area (Å²) in [6.07, 6.45) is 2.57. The second-order valence-corrected chi connectivity index (χ2v) is 4.61. The first-order valence-corrected chi connectivity index (χ1v) is 6.65. The molecule has 0 rings (SSSR count). The van der Waals surface area contributed by atoms with Gasteiger partial charge in [0.1, 0.15) is 6.54 Å². The minimum absolute atomic E-state index is 0.0236. The standard InChI is InChI=1S/C13H26N2O3/c1-5-7-8-11(14)13(17)15(10(3)4)9-12(16)18-6-2/h10-11H,5-9,14H2,1-4H3/t11-/m0/s1. The smallest absolute Gasteiger partial charge is 0.325 e. The van der Waals surface area contributed by atoms with E-state index < -0.39 is 6.04 Å². The van der Waals surface area contributed by atoms with Gasteiger partial charge < -0.3 is 15.4 Å². The van der Waals surface area contributed by atoms with E-state index in [9.17, 15) is 9.59 Å². The highest BCUT2D eigenvalue weighted by Crippen LogP contribution is 2.06. The Kier molecular flexibility index (Phi) is 8.37. The Morgan fingerprint density at radius 1 is 1.28 bits per heavy atom. The van der Waals surface area contributed by atoms with Gasteiger partial charge in [0.05, 0.1) is 12.6 Å². The molecule has 1 amide bonds. The zero-order chi connectivity index (χ0) is 14.1. The van der Waals surface area contributed by atoms with E-state index in [1.165, 1.54) is 4.90 Å². The number of hydrogen-bond acceptors (Lipinski definition) is 4. The number of carbonyl (C=O) groups is 2. The van der Waals surface area contributed by atoms with Crippen LogP contribution in [-0.2, 0) is 14.3 Å². The third-order valence-corrected chi connectivity index (χ3v) is 2.70. The maximum absolute atomic E-state index is 12.1. The predicted molar refractivity (Wildman–Crippen MR) is 71.0 cm³/mol. The van der Waals surface area contributed by atoms with Crippen LogP contribution in [0.5, 0.6) is 0 Å². The average molecular weight is 258 g/mol. The van der Waals surface area contributed by atoms with Crippen LogP contribution in [0.4, 0.5) is 0 Å². The maximum atomic E-state index is 12.1. The Morgan fingerprint density at radius 3 is 2.33 bits per heavy atom. The number of nitrogens with zero attached hydrogens (tertiary/aromatic N) is 1. The van der Waals surface area contributed by atoms with Crippen molar-refractivity contribution in [1.82, 2.24) is 4.90 Å². The number of unbranched alkanes of at least 4 members (excludes halogenated alkanes) is 1. The van der Waals surface area contributed by atoms with E-state index in [1.54, 1.807) is 6.92 Å². The van der Waals surface area contributed by atoms with Gasteiger partial charge in [0.2, 0.25) is 5.91 Å². The molecule has 0 aromatic heterocycles. The highest BCUT2D eigenvalue weighted by atomic mass is 16.5. The molecule has 0 aliphatic rings. The van der Waals surface area contributed by atoms with Gasteiger partial charge in [-0.05, 0) is 27.2 Å². The topological polar surface area (TPSA) is 72.6 Å². The highest BCUT2D eigenvalue weighted by molar-refractivity contribution is 5.85. The molecule has 0 spiro atoms.